The van der Waals surface area contributed by atoms with Gasteiger partial charge in [-0.25, -0.2) is 9.78 Å². The van der Waals surface area contributed by atoms with Gasteiger partial charge in [0.1, 0.15) is 6.54 Å². The van der Waals surface area contributed by atoms with Gasteiger partial charge in [0.2, 0.25) is 0 Å². The number of hydrogen-bond acceptors (Lipinski definition) is 5. The zero-order chi connectivity index (χ0) is 13.0. The van der Waals surface area contributed by atoms with Crippen LogP contribution in [0.1, 0.15) is 21.0 Å². The van der Waals surface area contributed by atoms with Crippen LogP contribution >= 0.6 is 0 Å². The molecule has 0 bridgehead atoms. The minimum Gasteiger partial charge on any atom is -0.477 e. The van der Waals surface area contributed by atoms with Crippen molar-refractivity contribution in [3.05, 3.63) is 17.7 Å². The quantitative estimate of drug-likeness (QED) is 0.677. The molecule has 8 nitrogen and oxygen atoms in total. The summed E-state index contributed by atoms with van der Waals surface area (Å²) in [6.07, 6.45) is 1.10. The molecule has 0 atom stereocenters. The van der Waals surface area contributed by atoms with E-state index in [1.54, 1.807) is 0 Å². The predicted octanol–water partition coefficient (Wildman–Crippen LogP) is -0.647. The number of nitrogens with one attached hydrogen (secondary N) is 1. The van der Waals surface area contributed by atoms with Crippen LogP contribution in [0.2, 0.25) is 0 Å². The number of nitrogens with zero attached hydrogens (tertiary/aromatic N) is 2. The van der Waals surface area contributed by atoms with Gasteiger partial charge in [0.05, 0.1) is 13.4 Å². The molecule has 0 aliphatic carbocycles. The van der Waals surface area contributed by atoms with Crippen molar-refractivity contribution < 1.29 is 24.2 Å². The monoisotopic (exact) mass is 241 g/mol. The molecule has 1 heterocycles. The average molecular weight is 241 g/mol. The Bertz CT molecular complexity index is 453. The average Bonchev–Trinajstić information content (AvgIpc) is 2.76. The Morgan fingerprint density at radius 2 is 2.18 bits per heavy atom. The van der Waals surface area contributed by atoms with Gasteiger partial charge in [-0.1, -0.05) is 0 Å². The summed E-state index contributed by atoms with van der Waals surface area (Å²) in [7, 11) is 2.54. The first-order valence-electron chi connectivity index (χ1n) is 4.56. The number of carboxylic acid groups (broad SMARTS) is 1. The highest BCUT2D eigenvalue weighted by molar-refractivity contribution is 6.02. The standard InChI is InChI=1S/C9H11N3O5/c1-12(3-5(13)17-2)8(14)6-7(9(15)16)11-4-10-6/h4H,3H2,1-2H3,(H,10,11)(H,15,16). The number of aromatic amines is 1. The number of likely N-dealkylation sites (N-methyl/N-ethyl adjacent to an activating group) is 1. The van der Waals surface area contributed by atoms with Crippen molar-refractivity contribution in [2.24, 2.45) is 0 Å². The number of H-pyrrole nitrogens is 1. The maximum Gasteiger partial charge on any atom is 0.354 e. The maximum absolute atomic E-state index is 11.8. The third-order valence-electron chi connectivity index (χ3n) is 2.00. The number of imidazole rings is 1. The first kappa shape index (κ1) is 12.7. The van der Waals surface area contributed by atoms with Gasteiger partial charge in [0, 0.05) is 7.05 Å². The van der Waals surface area contributed by atoms with Gasteiger partial charge in [-0.15, -0.1) is 0 Å². The highest BCUT2D eigenvalue weighted by Gasteiger charge is 2.23. The molecule has 1 aromatic rings. The number of rotatable bonds is 4. The van der Waals surface area contributed by atoms with E-state index in [-0.39, 0.29) is 17.9 Å². The minimum atomic E-state index is -1.29. The molecule has 92 valence electrons. The van der Waals surface area contributed by atoms with Gasteiger partial charge in [-0.05, 0) is 0 Å². The summed E-state index contributed by atoms with van der Waals surface area (Å²) in [5.41, 5.74) is -0.560. The molecule has 2 N–H and O–H groups in total. The van der Waals surface area contributed by atoms with E-state index in [9.17, 15) is 14.4 Å². The van der Waals surface area contributed by atoms with Crippen LogP contribution in [0.5, 0.6) is 0 Å². The van der Waals surface area contributed by atoms with Crippen molar-refractivity contribution in [2.75, 3.05) is 20.7 Å². The molecule has 0 aliphatic heterocycles. The third kappa shape index (κ3) is 2.80. The number of carbonyl (C=O) groups excluding carboxylic acids is 2. The lowest BCUT2D eigenvalue weighted by Crippen LogP contribution is -2.33. The van der Waals surface area contributed by atoms with E-state index in [2.05, 4.69) is 14.7 Å². The summed E-state index contributed by atoms with van der Waals surface area (Å²) < 4.78 is 4.39. The number of aromatic carboxylic acids is 1. The molecular formula is C9H11N3O5. The number of carbonyl (C=O) groups is 3. The van der Waals surface area contributed by atoms with E-state index in [0.717, 1.165) is 11.2 Å². The molecule has 0 unspecified atom stereocenters. The Hall–Kier alpha value is -2.38. The fourth-order valence-corrected chi connectivity index (χ4v) is 1.13. The molecule has 0 spiro atoms. The van der Waals surface area contributed by atoms with Gasteiger partial charge >= 0.3 is 11.9 Å². The van der Waals surface area contributed by atoms with Gasteiger partial charge in [0.25, 0.3) is 5.91 Å². The molecule has 0 fully saturated rings. The van der Waals surface area contributed by atoms with Crippen LogP contribution in [0.25, 0.3) is 0 Å². The van der Waals surface area contributed by atoms with E-state index in [1.807, 2.05) is 0 Å². The second-order valence-corrected chi connectivity index (χ2v) is 3.17. The molecule has 0 aromatic carbocycles. The maximum atomic E-state index is 11.8. The normalized spacial score (nSPS) is 9.76. The van der Waals surface area contributed by atoms with Crippen molar-refractivity contribution in [2.45, 2.75) is 0 Å². The number of ether oxygens (including phenoxy) is 1. The lowest BCUT2D eigenvalue weighted by atomic mass is 10.3. The largest absolute Gasteiger partial charge is 0.477 e. The van der Waals surface area contributed by atoms with E-state index >= 15 is 0 Å². The number of carboxylic acids is 1. The minimum absolute atomic E-state index is 0.246. The van der Waals surface area contributed by atoms with E-state index in [0.29, 0.717) is 0 Å². The summed E-state index contributed by atoms with van der Waals surface area (Å²) in [5.74, 6) is -2.57. The lowest BCUT2D eigenvalue weighted by molar-refractivity contribution is -0.141. The van der Waals surface area contributed by atoms with Gasteiger partial charge in [0.15, 0.2) is 11.4 Å². The Balaban J connectivity index is 2.85. The number of amides is 1. The van der Waals surface area contributed by atoms with Crippen LogP contribution in [-0.2, 0) is 9.53 Å². The first-order chi connectivity index (χ1) is 7.97. The summed E-state index contributed by atoms with van der Waals surface area (Å²) in [6, 6.07) is 0. The topological polar surface area (TPSA) is 113 Å². The van der Waals surface area contributed by atoms with Crippen molar-refractivity contribution >= 4 is 17.8 Å². The Morgan fingerprint density at radius 3 is 2.71 bits per heavy atom. The molecule has 0 saturated heterocycles. The summed E-state index contributed by atoms with van der Waals surface area (Å²) in [6.45, 7) is -0.277. The van der Waals surface area contributed by atoms with E-state index in [1.165, 1.54) is 14.2 Å². The van der Waals surface area contributed by atoms with Crippen LogP contribution in [-0.4, -0.2) is 58.5 Å². The molecule has 17 heavy (non-hydrogen) atoms. The van der Waals surface area contributed by atoms with Crippen molar-refractivity contribution in [3.8, 4) is 0 Å². The lowest BCUT2D eigenvalue weighted by Gasteiger charge is -2.14. The Kier molecular flexibility index (Phi) is 3.81. The Labute approximate surface area is 96.2 Å². The highest BCUT2D eigenvalue weighted by Crippen LogP contribution is 2.06. The van der Waals surface area contributed by atoms with Crippen LogP contribution in [0.15, 0.2) is 6.33 Å². The van der Waals surface area contributed by atoms with E-state index in [4.69, 9.17) is 5.11 Å². The SMILES string of the molecule is COC(=O)CN(C)C(=O)c1nc[nH]c1C(=O)O. The molecular weight excluding hydrogens is 230 g/mol. The summed E-state index contributed by atoms with van der Waals surface area (Å²) >= 11 is 0. The molecule has 1 amide bonds. The fraction of sp³-hybridized carbons (Fsp3) is 0.333. The smallest absolute Gasteiger partial charge is 0.354 e. The molecule has 8 heteroatoms. The molecule has 0 radical (unpaired) electrons. The number of esters is 1. The van der Waals surface area contributed by atoms with Gasteiger partial charge < -0.3 is 19.7 Å². The van der Waals surface area contributed by atoms with Gasteiger partial charge in [-0.3, -0.25) is 9.59 Å². The van der Waals surface area contributed by atoms with Crippen LogP contribution in [0.3, 0.4) is 0 Å². The van der Waals surface area contributed by atoms with Crippen molar-refractivity contribution in [3.63, 3.8) is 0 Å². The van der Waals surface area contributed by atoms with Crippen molar-refractivity contribution in [1.29, 1.82) is 0 Å². The molecule has 1 aromatic heterocycles. The molecule has 0 saturated carbocycles. The van der Waals surface area contributed by atoms with E-state index < -0.39 is 17.8 Å². The number of aromatic nitrogens is 2. The second-order valence-electron chi connectivity index (χ2n) is 3.17. The summed E-state index contributed by atoms with van der Waals surface area (Å²) in [5, 5.41) is 8.78. The predicted molar refractivity (Wildman–Crippen MR) is 54.5 cm³/mol. The van der Waals surface area contributed by atoms with Crippen LogP contribution in [0.4, 0.5) is 0 Å². The van der Waals surface area contributed by atoms with Crippen LogP contribution in [0, 0.1) is 0 Å². The molecule has 1 rings (SSSR count). The zero-order valence-corrected chi connectivity index (χ0v) is 9.26. The first-order valence-corrected chi connectivity index (χ1v) is 4.56. The van der Waals surface area contributed by atoms with Crippen LogP contribution < -0.4 is 0 Å². The second kappa shape index (κ2) is 5.10. The zero-order valence-electron chi connectivity index (χ0n) is 9.26. The third-order valence-corrected chi connectivity index (χ3v) is 2.00. The Morgan fingerprint density at radius 1 is 1.53 bits per heavy atom. The molecule has 0 aliphatic rings. The summed E-state index contributed by atoms with van der Waals surface area (Å²) in [4.78, 5) is 40.4. The number of methoxy groups -OCH3 is 1. The highest BCUT2D eigenvalue weighted by atomic mass is 16.5. The fourth-order valence-electron chi connectivity index (χ4n) is 1.13. The number of hydrogen-bond donors (Lipinski definition) is 2. The van der Waals surface area contributed by atoms with Crippen molar-refractivity contribution in [1.82, 2.24) is 14.9 Å². The van der Waals surface area contributed by atoms with Gasteiger partial charge in [-0.2, -0.15) is 0 Å².